The number of aliphatic hydroxyl groups excluding tert-OH is 1. The summed E-state index contributed by atoms with van der Waals surface area (Å²) in [7, 11) is 1.42. The molecule has 0 aliphatic rings. The quantitative estimate of drug-likeness (QED) is 0.673. The maximum atomic E-state index is 11.6. The second-order valence-electron chi connectivity index (χ2n) is 3.33. The molecule has 2 aromatic rings. The van der Waals surface area contributed by atoms with Gasteiger partial charge in [-0.25, -0.2) is 4.79 Å². The largest absolute Gasteiger partial charge is 0.392 e. The number of aromatic nitrogens is 2. The van der Waals surface area contributed by atoms with E-state index in [2.05, 4.69) is 4.98 Å². The van der Waals surface area contributed by atoms with Crippen molar-refractivity contribution in [2.45, 2.75) is 6.61 Å². The third kappa shape index (κ3) is 1.46. The van der Waals surface area contributed by atoms with Gasteiger partial charge >= 0.3 is 5.69 Å². The van der Waals surface area contributed by atoms with E-state index in [1.807, 2.05) is 0 Å². The highest BCUT2D eigenvalue weighted by Gasteiger charge is 2.04. The standard InChI is InChI=1S/C10H10N2O3/c1-12-9(14)7-3-2-6(5-13)4-8(7)11-10(12)15/h2-4,13H,5H2,1H3,(H,11,15). The second kappa shape index (κ2) is 3.36. The lowest BCUT2D eigenvalue weighted by Crippen LogP contribution is -2.32. The lowest BCUT2D eigenvalue weighted by atomic mass is 10.1. The summed E-state index contributed by atoms with van der Waals surface area (Å²) < 4.78 is 1.01. The van der Waals surface area contributed by atoms with Crippen molar-refractivity contribution < 1.29 is 5.11 Å². The third-order valence-electron chi connectivity index (χ3n) is 2.35. The van der Waals surface area contributed by atoms with Gasteiger partial charge in [0.2, 0.25) is 0 Å². The van der Waals surface area contributed by atoms with Crippen molar-refractivity contribution in [3.8, 4) is 0 Å². The first-order valence-corrected chi connectivity index (χ1v) is 4.46. The lowest BCUT2D eigenvalue weighted by Gasteiger charge is -2.02. The molecule has 1 aromatic heterocycles. The fourth-order valence-corrected chi connectivity index (χ4v) is 1.45. The van der Waals surface area contributed by atoms with Crippen molar-refractivity contribution in [1.29, 1.82) is 0 Å². The van der Waals surface area contributed by atoms with Gasteiger partial charge in [-0.15, -0.1) is 0 Å². The number of nitrogens with one attached hydrogen (secondary N) is 1. The van der Waals surface area contributed by atoms with Gasteiger partial charge in [0.05, 0.1) is 17.5 Å². The Bertz CT molecular complexity index is 625. The van der Waals surface area contributed by atoms with Gasteiger partial charge < -0.3 is 10.1 Å². The molecule has 5 heteroatoms. The van der Waals surface area contributed by atoms with E-state index in [0.717, 1.165) is 4.57 Å². The molecule has 2 N–H and O–H groups in total. The molecule has 0 spiro atoms. The molecule has 1 aromatic carbocycles. The molecule has 78 valence electrons. The van der Waals surface area contributed by atoms with E-state index in [1.54, 1.807) is 18.2 Å². The number of rotatable bonds is 1. The first kappa shape index (κ1) is 9.67. The van der Waals surface area contributed by atoms with Crippen LogP contribution in [0.3, 0.4) is 0 Å². The highest BCUT2D eigenvalue weighted by atomic mass is 16.3. The van der Waals surface area contributed by atoms with Crippen LogP contribution in [0.1, 0.15) is 5.56 Å². The Balaban J connectivity index is 2.93. The van der Waals surface area contributed by atoms with E-state index >= 15 is 0 Å². The Morgan fingerprint density at radius 2 is 2.13 bits per heavy atom. The van der Waals surface area contributed by atoms with Crippen molar-refractivity contribution in [3.63, 3.8) is 0 Å². The van der Waals surface area contributed by atoms with E-state index in [-0.39, 0.29) is 12.2 Å². The molecule has 0 aliphatic carbocycles. The predicted octanol–water partition coefficient (Wildman–Crippen LogP) is -0.281. The molecule has 0 fully saturated rings. The molecule has 0 bridgehead atoms. The molecule has 5 nitrogen and oxygen atoms in total. The van der Waals surface area contributed by atoms with Gasteiger partial charge in [-0.3, -0.25) is 9.36 Å². The van der Waals surface area contributed by atoms with Crippen molar-refractivity contribution >= 4 is 10.9 Å². The SMILES string of the molecule is Cn1c(=O)[nH]c2cc(CO)ccc2c1=O. The number of aliphatic hydroxyl groups is 1. The van der Waals surface area contributed by atoms with Crippen LogP contribution < -0.4 is 11.2 Å². The number of hydrogen-bond acceptors (Lipinski definition) is 3. The van der Waals surface area contributed by atoms with Crippen LogP contribution in [0.2, 0.25) is 0 Å². The van der Waals surface area contributed by atoms with Crippen molar-refractivity contribution in [2.75, 3.05) is 0 Å². The summed E-state index contributed by atoms with van der Waals surface area (Å²) in [5.41, 5.74) is 0.321. The first-order valence-electron chi connectivity index (χ1n) is 4.46. The van der Waals surface area contributed by atoms with Crippen LogP contribution in [0.25, 0.3) is 10.9 Å². The molecule has 0 saturated carbocycles. The Hall–Kier alpha value is -1.88. The molecule has 0 unspecified atom stereocenters. The third-order valence-corrected chi connectivity index (χ3v) is 2.35. The van der Waals surface area contributed by atoms with E-state index in [1.165, 1.54) is 7.05 Å². The van der Waals surface area contributed by atoms with Gasteiger partial charge in [-0.1, -0.05) is 6.07 Å². The molecule has 1 heterocycles. The topological polar surface area (TPSA) is 75.1 Å². The zero-order valence-corrected chi connectivity index (χ0v) is 8.15. The summed E-state index contributed by atoms with van der Waals surface area (Å²) in [5, 5.41) is 9.35. The van der Waals surface area contributed by atoms with Crippen molar-refractivity contribution in [2.24, 2.45) is 7.05 Å². The number of nitrogens with zero attached hydrogens (tertiary/aromatic N) is 1. The second-order valence-corrected chi connectivity index (χ2v) is 3.33. The molecule has 0 amide bonds. The lowest BCUT2D eigenvalue weighted by molar-refractivity contribution is 0.282. The minimum absolute atomic E-state index is 0.118. The average Bonchev–Trinajstić information content (AvgIpc) is 2.25. The minimum atomic E-state index is -0.456. The fourth-order valence-electron chi connectivity index (χ4n) is 1.45. The minimum Gasteiger partial charge on any atom is -0.392 e. The molecule has 2 rings (SSSR count). The van der Waals surface area contributed by atoms with Crippen LogP contribution in [-0.4, -0.2) is 14.7 Å². The van der Waals surface area contributed by atoms with Crippen molar-refractivity contribution in [3.05, 3.63) is 44.6 Å². The fraction of sp³-hybridized carbons (Fsp3) is 0.200. The van der Waals surface area contributed by atoms with Gasteiger partial charge in [0.1, 0.15) is 0 Å². The van der Waals surface area contributed by atoms with E-state index < -0.39 is 5.69 Å². The molecule has 15 heavy (non-hydrogen) atoms. The van der Waals surface area contributed by atoms with Crippen LogP contribution in [0.15, 0.2) is 27.8 Å². The number of fused-ring (bicyclic) bond motifs is 1. The summed E-state index contributed by atoms with van der Waals surface area (Å²) in [6.45, 7) is -0.118. The summed E-state index contributed by atoms with van der Waals surface area (Å²) in [6, 6.07) is 4.85. The molecule has 0 atom stereocenters. The number of benzene rings is 1. The number of hydrogen-bond donors (Lipinski definition) is 2. The van der Waals surface area contributed by atoms with Gasteiger partial charge in [-0.05, 0) is 17.7 Å². The highest BCUT2D eigenvalue weighted by Crippen LogP contribution is 2.08. The normalized spacial score (nSPS) is 10.8. The molecule has 0 aliphatic heterocycles. The van der Waals surface area contributed by atoms with Crippen LogP contribution in [0, 0.1) is 0 Å². The van der Waals surface area contributed by atoms with Gasteiger partial charge in [-0.2, -0.15) is 0 Å². The zero-order valence-electron chi connectivity index (χ0n) is 8.15. The van der Waals surface area contributed by atoms with E-state index in [0.29, 0.717) is 16.5 Å². The summed E-state index contributed by atoms with van der Waals surface area (Å²) >= 11 is 0. The van der Waals surface area contributed by atoms with Crippen LogP contribution in [-0.2, 0) is 13.7 Å². The number of aromatic amines is 1. The first-order chi connectivity index (χ1) is 7.13. The Labute approximate surface area is 84.6 Å². The van der Waals surface area contributed by atoms with Crippen LogP contribution in [0.4, 0.5) is 0 Å². The summed E-state index contributed by atoms with van der Waals surface area (Å²) in [4.78, 5) is 25.5. The maximum Gasteiger partial charge on any atom is 0.328 e. The zero-order chi connectivity index (χ0) is 11.0. The van der Waals surface area contributed by atoms with Crippen LogP contribution in [0.5, 0.6) is 0 Å². The van der Waals surface area contributed by atoms with Gasteiger partial charge in [0.25, 0.3) is 5.56 Å². The highest BCUT2D eigenvalue weighted by molar-refractivity contribution is 5.77. The Morgan fingerprint density at radius 1 is 1.40 bits per heavy atom. The Morgan fingerprint density at radius 3 is 2.80 bits per heavy atom. The van der Waals surface area contributed by atoms with Crippen LogP contribution >= 0.6 is 0 Å². The average molecular weight is 206 g/mol. The molecular formula is C10H10N2O3. The van der Waals surface area contributed by atoms with E-state index in [9.17, 15) is 9.59 Å². The summed E-state index contributed by atoms with van der Waals surface area (Å²) in [5.74, 6) is 0. The smallest absolute Gasteiger partial charge is 0.328 e. The molecule has 0 radical (unpaired) electrons. The number of H-pyrrole nitrogens is 1. The van der Waals surface area contributed by atoms with E-state index in [4.69, 9.17) is 5.11 Å². The predicted molar refractivity (Wildman–Crippen MR) is 55.7 cm³/mol. The van der Waals surface area contributed by atoms with Crippen molar-refractivity contribution in [1.82, 2.24) is 9.55 Å². The molecule has 0 saturated heterocycles. The Kier molecular flexibility index (Phi) is 2.17. The molecular weight excluding hydrogens is 196 g/mol. The van der Waals surface area contributed by atoms with Gasteiger partial charge in [0, 0.05) is 7.05 Å². The maximum absolute atomic E-state index is 11.6. The van der Waals surface area contributed by atoms with Gasteiger partial charge in [0.15, 0.2) is 0 Å². The monoisotopic (exact) mass is 206 g/mol. The summed E-state index contributed by atoms with van der Waals surface area (Å²) in [6.07, 6.45) is 0.